The highest BCUT2D eigenvalue weighted by molar-refractivity contribution is 6.00. The number of nitrogens with one attached hydrogen (secondary N) is 2. The number of ether oxygens (including phenoxy) is 2. The van der Waals surface area contributed by atoms with Crippen molar-refractivity contribution < 1.29 is 23.9 Å². The molecule has 0 spiro atoms. The highest BCUT2D eigenvalue weighted by Gasteiger charge is 2.39. The summed E-state index contributed by atoms with van der Waals surface area (Å²) in [4.78, 5) is 39.6. The van der Waals surface area contributed by atoms with E-state index in [9.17, 15) is 14.4 Å². The number of anilines is 1. The summed E-state index contributed by atoms with van der Waals surface area (Å²) < 4.78 is 12.3. The van der Waals surface area contributed by atoms with Crippen molar-refractivity contribution in [1.29, 1.82) is 0 Å². The van der Waals surface area contributed by atoms with Gasteiger partial charge in [-0.15, -0.1) is 0 Å². The van der Waals surface area contributed by atoms with Crippen LogP contribution < -0.4 is 15.4 Å². The van der Waals surface area contributed by atoms with Gasteiger partial charge in [0, 0.05) is 25.2 Å². The maximum absolute atomic E-state index is 13.3. The molecule has 2 aliphatic rings. The zero-order valence-corrected chi connectivity index (χ0v) is 21.2. The Hall–Kier alpha value is -3.39. The molecule has 192 valence electrons. The lowest BCUT2D eigenvalue weighted by Crippen LogP contribution is -2.54. The fourth-order valence-electron chi connectivity index (χ4n) is 4.66. The normalized spacial score (nSPS) is 21.5. The average molecular weight is 494 g/mol. The van der Waals surface area contributed by atoms with Gasteiger partial charge in [0.15, 0.2) is 0 Å². The second-order valence-electron chi connectivity index (χ2n) is 9.81. The van der Waals surface area contributed by atoms with E-state index in [1.54, 1.807) is 30.1 Å². The van der Waals surface area contributed by atoms with Gasteiger partial charge in [0.2, 0.25) is 11.8 Å². The molecule has 1 saturated heterocycles. The van der Waals surface area contributed by atoms with Gasteiger partial charge in [0.25, 0.3) is 5.91 Å². The van der Waals surface area contributed by atoms with Gasteiger partial charge in [0.1, 0.15) is 18.5 Å². The van der Waals surface area contributed by atoms with Crippen molar-refractivity contribution in [1.82, 2.24) is 10.2 Å². The SMILES string of the molecule is CC(C)C(=O)Nc1ccc2c(c1)C(=O)N(C)[C@@H]1CC[C@H](CC(=O)NCCc3ccccc3)O[C@H]1CO2. The average Bonchev–Trinajstić information content (AvgIpc) is 2.87. The van der Waals surface area contributed by atoms with Gasteiger partial charge in [-0.3, -0.25) is 14.4 Å². The summed E-state index contributed by atoms with van der Waals surface area (Å²) in [5, 5.41) is 5.82. The molecule has 0 aromatic heterocycles. The Balaban J connectivity index is 1.35. The molecule has 0 saturated carbocycles. The molecule has 2 heterocycles. The van der Waals surface area contributed by atoms with Crippen LogP contribution in [0, 0.1) is 5.92 Å². The van der Waals surface area contributed by atoms with Gasteiger partial charge in [-0.25, -0.2) is 0 Å². The van der Waals surface area contributed by atoms with Crippen LogP contribution in [-0.2, 0) is 20.7 Å². The van der Waals surface area contributed by atoms with Crippen molar-refractivity contribution in [2.45, 2.75) is 57.8 Å². The number of fused-ring (bicyclic) bond motifs is 2. The molecule has 2 aromatic rings. The Kier molecular flexibility index (Phi) is 8.25. The van der Waals surface area contributed by atoms with Crippen LogP contribution in [0.2, 0.25) is 0 Å². The Morgan fingerprint density at radius 3 is 2.64 bits per heavy atom. The molecule has 8 nitrogen and oxygen atoms in total. The summed E-state index contributed by atoms with van der Waals surface area (Å²) in [5.74, 6) is -0.0377. The highest BCUT2D eigenvalue weighted by atomic mass is 16.5. The van der Waals surface area contributed by atoms with E-state index in [0.717, 1.165) is 12.8 Å². The zero-order chi connectivity index (χ0) is 25.7. The first kappa shape index (κ1) is 25.7. The topological polar surface area (TPSA) is 97.0 Å². The van der Waals surface area contributed by atoms with Crippen LogP contribution >= 0.6 is 0 Å². The Morgan fingerprint density at radius 1 is 1.11 bits per heavy atom. The molecule has 4 rings (SSSR count). The fraction of sp³-hybridized carbons (Fsp3) is 0.464. The number of hydrogen-bond acceptors (Lipinski definition) is 5. The van der Waals surface area contributed by atoms with Crippen molar-refractivity contribution in [3.63, 3.8) is 0 Å². The van der Waals surface area contributed by atoms with E-state index in [1.165, 1.54) is 5.56 Å². The molecular weight excluding hydrogens is 458 g/mol. The molecule has 0 radical (unpaired) electrons. The van der Waals surface area contributed by atoms with E-state index >= 15 is 0 Å². The molecular formula is C28H35N3O5. The number of rotatable bonds is 7. The number of nitrogens with zero attached hydrogens (tertiary/aromatic N) is 1. The van der Waals surface area contributed by atoms with E-state index in [-0.39, 0.29) is 54.9 Å². The first-order chi connectivity index (χ1) is 17.3. The number of likely N-dealkylation sites (N-methyl/N-ethyl adjacent to an activating group) is 1. The maximum Gasteiger partial charge on any atom is 0.257 e. The number of hydrogen-bond donors (Lipinski definition) is 2. The second-order valence-corrected chi connectivity index (χ2v) is 9.81. The lowest BCUT2D eigenvalue weighted by atomic mass is 9.94. The van der Waals surface area contributed by atoms with Crippen LogP contribution in [0.3, 0.4) is 0 Å². The molecule has 0 bridgehead atoms. The highest BCUT2D eigenvalue weighted by Crippen LogP contribution is 2.32. The van der Waals surface area contributed by atoms with Gasteiger partial charge in [-0.05, 0) is 43.0 Å². The first-order valence-corrected chi connectivity index (χ1v) is 12.6. The summed E-state index contributed by atoms with van der Waals surface area (Å²) in [5.41, 5.74) is 2.16. The zero-order valence-electron chi connectivity index (χ0n) is 21.2. The number of carbonyl (C=O) groups excluding carboxylic acids is 3. The molecule has 3 amide bonds. The van der Waals surface area contributed by atoms with Crippen LogP contribution in [0.1, 0.15) is 49.0 Å². The van der Waals surface area contributed by atoms with Crippen LogP contribution in [0.4, 0.5) is 5.69 Å². The van der Waals surface area contributed by atoms with Gasteiger partial charge in [-0.2, -0.15) is 0 Å². The lowest BCUT2D eigenvalue weighted by Gasteiger charge is -2.42. The summed E-state index contributed by atoms with van der Waals surface area (Å²) >= 11 is 0. The summed E-state index contributed by atoms with van der Waals surface area (Å²) in [6, 6.07) is 15.0. The predicted octanol–water partition coefficient (Wildman–Crippen LogP) is 3.41. The number of amides is 3. The van der Waals surface area contributed by atoms with E-state index in [2.05, 4.69) is 10.6 Å². The second kappa shape index (κ2) is 11.6. The Morgan fingerprint density at radius 2 is 1.89 bits per heavy atom. The quantitative estimate of drug-likeness (QED) is 0.616. The molecule has 3 atom stereocenters. The molecule has 8 heteroatoms. The third kappa shape index (κ3) is 6.23. The largest absolute Gasteiger partial charge is 0.490 e. The Bertz CT molecular complexity index is 1090. The van der Waals surface area contributed by atoms with Crippen molar-refractivity contribution >= 4 is 23.4 Å². The van der Waals surface area contributed by atoms with Crippen molar-refractivity contribution in [3.05, 3.63) is 59.7 Å². The molecule has 36 heavy (non-hydrogen) atoms. The number of carbonyl (C=O) groups is 3. The van der Waals surface area contributed by atoms with E-state index in [1.807, 2.05) is 44.2 Å². The maximum atomic E-state index is 13.3. The van der Waals surface area contributed by atoms with E-state index in [0.29, 0.717) is 30.0 Å². The summed E-state index contributed by atoms with van der Waals surface area (Å²) in [7, 11) is 1.77. The van der Waals surface area contributed by atoms with Crippen molar-refractivity contribution in [2.24, 2.45) is 5.92 Å². The van der Waals surface area contributed by atoms with Crippen LogP contribution in [-0.4, -0.2) is 61.1 Å². The van der Waals surface area contributed by atoms with Crippen LogP contribution in [0.25, 0.3) is 0 Å². The fourth-order valence-corrected chi connectivity index (χ4v) is 4.66. The van der Waals surface area contributed by atoms with Crippen LogP contribution in [0.15, 0.2) is 48.5 Å². The monoisotopic (exact) mass is 493 g/mol. The molecule has 0 unspecified atom stereocenters. The predicted molar refractivity (Wildman–Crippen MR) is 137 cm³/mol. The third-order valence-electron chi connectivity index (χ3n) is 6.80. The van der Waals surface area contributed by atoms with Crippen molar-refractivity contribution in [3.8, 4) is 5.75 Å². The molecule has 2 aromatic carbocycles. The van der Waals surface area contributed by atoms with Gasteiger partial charge < -0.3 is 25.0 Å². The number of benzene rings is 2. The minimum absolute atomic E-state index is 0.0353. The minimum Gasteiger partial charge on any atom is -0.490 e. The van der Waals surface area contributed by atoms with Crippen molar-refractivity contribution in [2.75, 3.05) is 25.5 Å². The standard InChI is InChI=1S/C28H35N3O5/c1-18(2)27(33)30-20-9-12-24-22(15-20)28(34)31(3)23-11-10-21(36-25(23)17-35-24)16-26(32)29-14-13-19-7-5-4-6-8-19/h4-9,12,15,18,21,23,25H,10-11,13-14,16-17H2,1-3H3,(H,29,32)(H,30,33)/t21-,23-,25+/m1/s1. The molecule has 2 aliphatic heterocycles. The Labute approximate surface area is 212 Å². The summed E-state index contributed by atoms with van der Waals surface area (Å²) in [6.07, 6.45) is 1.92. The first-order valence-electron chi connectivity index (χ1n) is 12.6. The lowest BCUT2D eigenvalue weighted by molar-refractivity contribution is -0.134. The van der Waals surface area contributed by atoms with E-state index in [4.69, 9.17) is 9.47 Å². The minimum atomic E-state index is -0.330. The molecule has 1 fully saturated rings. The van der Waals surface area contributed by atoms with E-state index < -0.39 is 0 Å². The van der Waals surface area contributed by atoms with Gasteiger partial charge in [-0.1, -0.05) is 44.2 Å². The smallest absolute Gasteiger partial charge is 0.257 e. The van der Waals surface area contributed by atoms with Crippen LogP contribution in [0.5, 0.6) is 5.75 Å². The molecule has 0 aliphatic carbocycles. The molecule has 2 N–H and O–H groups in total. The van der Waals surface area contributed by atoms with Gasteiger partial charge >= 0.3 is 0 Å². The van der Waals surface area contributed by atoms with Gasteiger partial charge in [0.05, 0.1) is 24.1 Å². The third-order valence-corrected chi connectivity index (χ3v) is 6.80. The summed E-state index contributed by atoms with van der Waals surface area (Å²) in [6.45, 7) is 4.49.